The molecule has 1 amide bonds. The average Bonchev–Trinajstić information content (AvgIpc) is 1.81. The molecule has 0 aliphatic carbocycles. The number of rotatable bonds is 2. The largest absolute Gasteiger partial charge is 0.369 e. The lowest BCUT2D eigenvalue weighted by Crippen LogP contribution is -2.13. The maximum atomic E-state index is 10.6. The Hall–Kier alpha value is -0.540. The van der Waals surface area contributed by atoms with Crippen LogP contribution in [0, 0.1) is 0 Å². The minimum Gasteiger partial charge on any atom is -0.369 e. The third-order valence-electron chi connectivity index (χ3n) is 1.30. The van der Waals surface area contributed by atoms with E-state index in [9.17, 15) is 4.79 Å². The van der Waals surface area contributed by atoms with Gasteiger partial charge >= 0.3 is 0 Å². The molecule has 1 aromatic rings. The van der Waals surface area contributed by atoms with Gasteiger partial charge in [-0.15, -0.1) is 0 Å². The minimum absolute atomic E-state index is 0.221. The molecule has 0 saturated carbocycles. The Morgan fingerprint density at radius 3 is 2.67 bits per heavy atom. The van der Waals surface area contributed by atoms with E-state index in [2.05, 4.69) is 15.9 Å². The van der Waals surface area contributed by atoms with E-state index in [1.54, 1.807) is 12.1 Å². The quantitative estimate of drug-likeness (QED) is 0.856. The number of primary amides is 1. The summed E-state index contributed by atoms with van der Waals surface area (Å²) in [6.45, 7) is 0. The normalized spacial score (nSPS) is 9.83. The predicted octanol–water partition coefficient (Wildman–Crippen LogP) is 2.13. The Kier molecular flexibility index (Phi) is 3.12. The maximum Gasteiger partial charge on any atom is 0.221 e. The van der Waals surface area contributed by atoms with Crippen LogP contribution >= 0.6 is 27.5 Å². The third-order valence-corrected chi connectivity index (χ3v) is 1.98. The summed E-state index contributed by atoms with van der Waals surface area (Å²) in [5.41, 5.74) is 5.85. The summed E-state index contributed by atoms with van der Waals surface area (Å²) in [5.74, 6) is -0.357. The van der Waals surface area contributed by atoms with Crippen molar-refractivity contribution in [1.82, 2.24) is 0 Å². The summed E-state index contributed by atoms with van der Waals surface area (Å²) >= 11 is 9.02. The van der Waals surface area contributed by atoms with Crippen LogP contribution in [0.1, 0.15) is 5.56 Å². The smallest absolute Gasteiger partial charge is 0.221 e. The molecule has 2 N–H and O–H groups in total. The van der Waals surface area contributed by atoms with Gasteiger partial charge in [0.05, 0.1) is 6.42 Å². The lowest BCUT2D eigenvalue weighted by atomic mass is 10.1. The van der Waals surface area contributed by atoms with Crippen LogP contribution in [-0.2, 0) is 11.2 Å². The lowest BCUT2D eigenvalue weighted by molar-refractivity contribution is -0.117. The van der Waals surface area contributed by atoms with E-state index in [0.717, 1.165) is 10.0 Å². The third kappa shape index (κ3) is 2.83. The van der Waals surface area contributed by atoms with E-state index in [1.807, 2.05) is 6.07 Å². The summed E-state index contributed by atoms with van der Waals surface area (Å²) in [6, 6.07) is 5.29. The van der Waals surface area contributed by atoms with E-state index >= 15 is 0 Å². The fourth-order valence-electron chi connectivity index (χ4n) is 0.914. The molecule has 0 bridgehead atoms. The van der Waals surface area contributed by atoms with Gasteiger partial charge in [-0.05, 0) is 23.8 Å². The molecule has 1 rings (SSSR count). The molecule has 0 atom stereocenters. The Balaban J connectivity index is 2.93. The molecule has 0 aromatic heterocycles. The standard InChI is InChI=1S/C8H7BrClNO/c9-6-1-5(3-8(11)12)2-7(10)4-6/h1-2,4H,3H2,(H2,11,12). The molecule has 1 aromatic carbocycles. The van der Waals surface area contributed by atoms with Crippen LogP contribution < -0.4 is 5.73 Å². The van der Waals surface area contributed by atoms with Gasteiger partial charge in [0, 0.05) is 9.50 Å². The second-order valence-corrected chi connectivity index (χ2v) is 3.77. The van der Waals surface area contributed by atoms with Crippen molar-refractivity contribution in [3.05, 3.63) is 33.3 Å². The summed E-state index contributed by atoms with van der Waals surface area (Å²) in [7, 11) is 0. The van der Waals surface area contributed by atoms with E-state index < -0.39 is 0 Å². The van der Waals surface area contributed by atoms with Crippen molar-refractivity contribution in [2.75, 3.05) is 0 Å². The van der Waals surface area contributed by atoms with Gasteiger partial charge in [0.1, 0.15) is 0 Å². The zero-order valence-corrected chi connectivity index (χ0v) is 8.52. The van der Waals surface area contributed by atoms with Crippen molar-refractivity contribution < 1.29 is 4.79 Å². The van der Waals surface area contributed by atoms with Crippen LogP contribution in [0.15, 0.2) is 22.7 Å². The van der Waals surface area contributed by atoms with E-state index in [0.29, 0.717) is 5.02 Å². The Bertz CT molecular complexity index is 294. The number of halogens is 2. The molecule has 0 aliphatic rings. The first-order valence-electron chi connectivity index (χ1n) is 3.31. The minimum atomic E-state index is -0.357. The monoisotopic (exact) mass is 247 g/mol. The first-order valence-corrected chi connectivity index (χ1v) is 4.48. The van der Waals surface area contributed by atoms with Gasteiger partial charge in [-0.2, -0.15) is 0 Å². The van der Waals surface area contributed by atoms with Gasteiger partial charge in [-0.3, -0.25) is 4.79 Å². The van der Waals surface area contributed by atoms with Crippen molar-refractivity contribution in [3.63, 3.8) is 0 Å². The summed E-state index contributed by atoms with van der Waals surface area (Å²) in [6.07, 6.45) is 0.221. The number of benzene rings is 1. The molecule has 0 heterocycles. The van der Waals surface area contributed by atoms with Gasteiger partial charge in [0.2, 0.25) is 5.91 Å². The molecule has 12 heavy (non-hydrogen) atoms. The summed E-state index contributed by atoms with van der Waals surface area (Å²) in [4.78, 5) is 10.6. The van der Waals surface area contributed by atoms with Crippen LogP contribution in [0.4, 0.5) is 0 Å². The highest BCUT2D eigenvalue weighted by Crippen LogP contribution is 2.19. The summed E-state index contributed by atoms with van der Waals surface area (Å²) < 4.78 is 0.853. The SMILES string of the molecule is NC(=O)Cc1cc(Cl)cc(Br)c1. The Morgan fingerprint density at radius 1 is 1.50 bits per heavy atom. The molecule has 0 radical (unpaired) electrons. The molecule has 4 heteroatoms. The maximum absolute atomic E-state index is 10.6. The van der Waals surface area contributed by atoms with Gasteiger partial charge in [0.25, 0.3) is 0 Å². The van der Waals surface area contributed by atoms with Gasteiger partial charge < -0.3 is 5.73 Å². The highest BCUT2D eigenvalue weighted by molar-refractivity contribution is 9.10. The van der Waals surface area contributed by atoms with Crippen molar-refractivity contribution in [2.24, 2.45) is 5.73 Å². The molecular formula is C8H7BrClNO. The van der Waals surface area contributed by atoms with Crippen molar-refractivity contribution >= 4 is 33.4 Å². The fourth-order valence-corrected chi connectivity index (χ4v) is 1.84. The van der Waals surface area contributed by atoms with E-state index in [-0.39, 0.29) is 12.3 Å². The van der Waals surface area contributed by atoms with Gasteiger partial charge in [0.15, 0.2) is 0 Å². The molecule has 0 saturated heterocycles. The number of carbonyl (C=O) groups is 1. The molecule has 0 spiro atoms. The number of amides is 1. The zero-order chi connectivity index (χ0) is 9.14. The number of nitrogens with two attached hydrogens (primary N) is 1. The topological polar surface area (TPSA) is 43.1 Å². The average molecular weight is 249 g/mol. The van der Waals surface area contributed by atoms with Crippen molar-refractivity contribution in [1.29, 1.82) is 0 Å². The second kappa shape index (κ2) is 3.92. The van der Waals surface area contributed by atoms with Gasteiger partial charge in [-0.1, -0.05) is 27.5 Å². The fraction of sp³-hybridized carbons (Fsp3) is 0.125. The summed E-state index contributed by atoms with van der Waals surface area (Å²) in [5, 5.41) is 0.598. The van der Waals surface area contributed by atoms with Crippen molar-refractivity contribution in [2.45, 2.75) is 6.42 Å². The first kappa shape index (κ1) is 9.55. The zero-order valence-electron chi connectivity index (χ0n) is 6.18. The van der Waals surface area contributed by atoms with Crippen LogP contribution in [0.3, 0.4) is 0 Å². The Morgan fingerprint density at radius 2 is 2.17 bits per heavy atom. The van der Waals surface area contributed by atoms with Crippen LogP contribution in [0.2, 0.25) is 5.02 Å². The predicted molar refractivity (Wildman–Crippen MR) is 52.1 cm³/mol. The van der Waals surface area contributed by atoms with E-state index in [1.165, 1.54) is 0 Å². The number of hydrogen-bond acceptors (Lipinski definition) is 1. The first-order chi connectivity index (χ1) is 5.58. The molecule has 0 aliphatic heterocycles. The van der Waals surface area contributed by atoms with E-state index in [4.69, 9.17) is 17.3 Å². The van der Waals surface area contributed by atoms with Crippen LogP contribution in [-0.4, -0.2) is 5.91 Å². The van der Waals surface area contributed by atoms with Crippen LogP contribution in [0.25, 0.3) is 0 Å². The molecule has 0 unspecified atom stereocenters. The second-order valence-electron chi connectivity index (χ2n) is 2.42. The Labute approximate surface area is 83.8 Å². The van der Waals surface area contributed by atoms with Crippen LogP contribution in [0.5, 0.6) is 0 Å². The molecule has 2 nitrogen and oxygen atoms in total. The molecular weight excluding hydrogens is 241 g/mol. The molecule has 64 valence electrons. The van der Waals surface area contributed by atoms with Gasteiger partial charge in [-0.25, -0.2) is 0 Å². The highest BCUT2D eigenvalue weighted by Gasteiger charge is 2.00. The number of carbonyl (C=O) groups excluding carboxylic acids is 1. The lowest BCUT2D eigenvalue weighted by Gasteiger charge is -1.99. The number of hydrogen-bond donors (Lipinski definition) is 1. The highest BCUT2D eigenvalue weighted by atomic mass is 79.9. The molecule has 0 fully saturated rings. The van der Waals surface area contributed by atoms with Crippen molar-refractivity contribution in [3.8, 4) is 0 Å².